The Morgan fingerprint density at radius 2 is 1.57 bits per heavy atom. The van der Waals surface area contributed by atoms with E-state index in [9.17, 15) is 13.9 Å². The highest BCUT2D eigenvalue weighted by molar-refractivity contribution is 8.00. The second-order valence-electron chi connectivity index (χ2n) is 10.3. The maximum absolute atomic E-state index is 13.8. The van der Waals surface area contributed by atoms with Gasteiger partial charge in [0.2, 0.25) is 5.89 Å². The topological polar surface area (TPSA) is 46.3 Å². The second-order valence-corrected chi connectivity index (χ2v) is 11.6. The Hall–Kier alpha value is -3.00. The minimum Gasteiger partial charge on any atom is -0.436 e. The number of rotatable bonds is 7. The van der Waals surface area contributed by atoms with Crippen LogP contribution in [0, 0.1) is 17.6 Å². The number of aromatic nitrogens is 1. The minimum absolute atomic E-state index is 0.262. The summed E-state index contributed by atoms with van der Waals surface area (Å²) >= 11 is 1.66. The van der Waals surface area contributed by atoms with Crippen LogP contribution in [0.4, 0.5) is 8.78 Å². The molecule has 3 fully saturated rings. The lowest BCUT2D eigenvalue weighted by Crippen LogP contribution is -2.62. The number of aliphatic hydroxyl groups is 1. The molecule has 0 unspecified atom stereocenters. The molecule has 1 aromatic heterocycles. The monoisotopic (exact) mass is 519 g/mol. The molecule has 0 aliphatic carbocycles. The van der Waals surface area contributed by atoms with Crippen LogP contribution in [0.3, 0.4) is 0 Å². The molecule has 0 radical (unpaired) electrons. The van der Waals surface area contributed by atoms with E-state index in [-0.39, 0.29) is 5.89 Å². The van der Waals surface area contributed by atoms with E-state index in [0.717, 1.165) is 47.6 Å². The lowest BCUT2D eigenvalue weighted by atomic mass is 9.85. The van der Waals surface area contributed by atoms with Crippen LogP contribution >= 0.6 is 11.8 Å². The van der Waals surface area contributed by atoms with Gasteiger partial charge in [-0.25, -0.2) is 13.8 Å². The molecule has 0 spiro atoms. The van der Waals surface area contributed by atoms with Gasteiger partial charge in [-0.2, -0.15) is 0 Å². The van der Waals surface area contributed by atoms with Crippen molar-refractivity contribution in [2.75, 3.05) is 19.6 Å². The summed E-state index contributed by atoms with van der Waals surface area (Å²) in [6, 6.07) is 23.1. The fourth-order valence-corrected chi connectivity index (χ4v) is 7.48. The first-order chi connectivity index (χ1) is 18.0. The molecule has 4 aromatic rings. The van der Waals surface area contributed by atoms with E-state index in [0.29, 0.717) is 28.8 Å². The molecule has 0 amide bonds. The van der Waals surface area contributed by atoms with Crippen LogP contribution < -0.4 is 0 Å². The molecule has 3 aromatic carbocycles. The van der Waals surface area contributed by atoms with E-state index in [1.54, 1.807) is 24.0 Å². The number of hydrogen-bond donors (Lipinski definition) is 1. The third-order valence-corrected chi connectivity index (χ3v) is 9.32. The predicted octanol–water partition coefficient (Wildman–Crippen LogP) is 6.14. The Labute approximate surface area is 219 Å². The summed E-state index contributed by atoms with van der Waals surface area (Å²) in [5.74, 6) is -0.0258. The van der Waals surface area contributed by atoms with Crippen molar-refractivity contribution in [2.45, 2.75) is 35.1 Å². The van der Waals surface area contributed by atoms with Crippen molar-refractivity contribution in [1.82, 2.24) is 4.98 Å². The fourth-order valence-electron chi connectivity index (χ4n) is 5.95. The number of oxazole rings is 1. The summed E-state index contributed by atoms with van der Waals surface area (Å²) in [6.45, 7) is 3.73. The Kier molecular flexibility index (Phi) is 6.39. The second kappa shape index (κ2) is 9.71. The fraction of sp³-hybridized carbons (Fsp3) is 0.300. The summed E-state index contributed by atoms with van der Waals surface area (Å²) < 4.78 is 34.4. The zero-order valence-corrected chi connectivity index (χ0v) is 21.2. The number of halogens is 2. The van der Waals surface area contributed by atoms with E-state index in [2.05, 4.69) is 4.98 Å². The van der Waals surface area contributed by atoms with Gasteiger partial charge >= 0.3 is 0 Å². The lowest BCUT2D eigenvalue weighted by Gasteiger charge is -2.52. The van der Waals surface area contributed by atoms with Crippen molar-refractivity contribution in [1.29, 1.82) is 0 Å². The van der Waals surface area contributed by atoms with Gasteiger partial charge in [0.1, 0.15) is 6.54 Å². The van der Waals surface area contributed by atoms with E-state index in [1.165, 1.54) is 12.1 Å². The van der Waals surface area contributed by atoms with Gasteiger partial charge in [-0.15, -0.1) is 11.8 Å². The van der Waals surface area contributed by atoms with Crippen molar-refractivity contribution in [3.8, 4) is 0 Å². The molecular weight excluding hydrogens is 490 g/mol. The first-order valence-electron chi connectivity index (χ1n) is 12.7. The summed E-state index contributed by atoms with van der Waals surface area (Å²) in [7, 11) is 0. The van der Waals surface area contributed by atoms with Gasteiger partial charge in [-0.1, -0.05) is 60.7 Å². The van der Waals surface area contributed by atoms with E-state index in [4.69, 9.17) is 4.42 Å². The van der Waals surface area contributed by atoms with Gasteiger partial charge in [-0.05, 0) is 35.2 Å². The maximum atomic E-state index is 13.8. The van der Waals surface area contributed by atoms with E-state index < -0.39 is 17.2 Å². The average Bonchev–Trinajstić information content (AvgIpc) is 3.40. The summed E-state index contributed by atoms with van der Waals surface area (Å²) in [4.78, 5) is 5.35. The largest absolute Gasteiger partial charge is 0.436 e. The first-order valence-corrected chi connectivity index (χ1v) is 13.6. The molecule has 7 rings (SSSR count). The highest BCUT2D eigenvalue weighted by Gasteiger charge is 2.47. The number of thioether (sulfide) groups is 1. The number of quaternary nitrogens is 1. The van der Waals surface area contributed by atoms with Gasteiger partial charge in [0, 0.05) is 17.7 Å². The average molecular weight is 520 g/mol. The molecule has 3 saturated heterocycles. The number of benzene rings is 3. The molecule has 3 aliphatic rings. The molecule has 37 heavy (non-hydrogen) atoms. The minimum atomic E-state index is -1.50. The van der Waals surface area contributed by atoms with Crippen LogP contribution in [-0.4, -0.2) is 39.5 Å². The van der Waals surface area contributed by atoms with Crippen molar-refractivity contribution in [3.05, 3.63) is 119 Å². The highest BCUT2D eigenvalue weighted by atomic mass is 32.2. The highest BCUT2D eigenvalue weighted by Crippen LogP contribution is 2.44. The molecular formula is C30H29F2N2O2S+. The Morgan fingerprint density at radius 1 is 0.919 bits per heavy atom. The standard InChI is InChI=1S/C30H29F2N2O2S/c31-26-12-11-25(17-27(26)32)37-28-20-34(15-13-21(28)14-16-34)19-24-18-33-29(36-24)30(35,22-7-3-1-4-8-22)23-9-5-2-6-10-23/h1-12,17-18,21,28,35H,13-16,19-20H2/q+1/t21?,28-,34?/m0/s1. The SMILES string of the molecule is OC(c1ccccc1)(c1ccccc1)c1ncc(C[N+]23CCC(CC2)[C@@H](Sc2ccc(F)c(F)c2)C3)o1. The third-order valence-electron chi connectivity index (χ3n) is 7.96. The predicted molar refractivity (Wildman–Crippen MR) is 139 cm³/mol. The van der Waals surface area contributed by atoms with Crippen LogP contribution in [-0.2, 0) is 12.1 Å². The zero-order chi connectivity index (χ0) is 25.5. The van der Waals surface area contributed by atoms with Crippen LogP contribution in [0.1, 0.15) is 35.6 Å². The molecule has 1 N–H and O–H groups in total. The van der Waals surface area contributed by atoms with Crippen molar-refractivity contribution >= 4 is 11.8 Å². The first kappa shape index (κ1) is 24.3. The smallest absolute Gasteiger partial charge is 0.236 e. The van der Waals surface area contributed by atoms with Crippen LogP contribution in [0.5, 0.6) is 0 Å². The van der Waals surface area contributed by atoms with E-state index in [1.807, 2.05) is 60.7 Å². The molecule has 0 saturated carbocycles. The van der Waals surface area contributed by atoms with Crippen molar-refractivity contribution in [2.24, 2.45) is 5.92 Å². The van der Waals surface area contributed by atoms with Gasteiger partial charge < -0.3 is 14.0 Å². The van der Waals surface area contributed by atoms with E-state index >= 15 is 0 Å². The molecule has 4 heterocycles. The number of piperidine rings is 3. The molecule has 190 valence electrons. The Bertz CT molecular complexity index is 1330. The quantitative estimate of drug-likeness (QED) is 0.298. The van der Waals surface area contributed by atoms with Crippen LogP contribution in [0.25, 0.3) is 0 Å². The maximum Gasteiger partial charge on any atom is 0.236 e. The molecule has 3 aliphatic heterocycles. The lowest BCUT2D eigenvalue weighted by molar-refractivity contribution is -0.954. The molecule has 2 bridgehead atoms. The third kappa shape index (κ3) is 4.60. The zero-order valence-electron chi connectivity index (χ0n) is 20.4. The summed E-state index contributed by atoms with van der Waals surface area (Å²) in [5.41, 5.74) is -0.104. The summed E-state index contributed by atoms with van der Waals surface area (Å²) in [5, 5.41) is 12.3. The Morgan fingerprint density at radius 3 is 2.19 bits per heavy atom. The van der Waals surface area contributed by atoms with Gasteiger partial charge in [0.15, 0.2) is 23.0 Å². The summed E-state index contributed by atoms with van der Waals surface area (Å²) in [6.07, 6.45) is 3.94. The number of fused-ring (bicyclic) bond motifs is 3. The Balaban J connectivity index is 1.25. The van der Waals surface area contributed by atoms with Crippen LogP contribution in [0.15, 0.2) is 94.4 Å². The normalized spacial score (nSPS) is 23.3. The van der Waals surface area contributed by atoms with Gasteiger partial charge in [0.05, 0.1) is 31.1 Å². The number of nitrogens with zero attached hydrogens (tertiary/aromatic N) is 2. The van der Waals surface area contributed by atoms with Crippen molar-refractivity contribution < 1.29 is 22.8 Å². The molecule has 1 atom stereocenters. The van der Waals surface area contributed by atoms with Crippen molar-refractivity contribution in [3.63, 3.8) is 0 Å². The van der Waals surface area contributed by atoms with Gasteiger partial charge in [-0.3, -0.25) is 0 Å². The number of hydrogen-bond acceptors (Lipinski definition) is 4. The van der Waals surface area contributed by atoms with Gasteiger partial charge in [0.25, 0.3) is 0 Å². The molecule has 4 nitrogen and oxygen atoms in total. The molecule has 7 heteroatoms. The van der Waals surface area contributed by atoms with Crippen LogP contribution in [0.2, 0.25) is 0 Å².